The summed E-state index contributed by atoms with van der Waals surface area (Å²) >= 11 is 0. The predicted octanol–water partition coefficient (Wildman–Crippen LogP) is 2.33. The molecule has 3 N–H and O–H groups in total. The largest absolute Gasteiger partial charge is 0.449 e. The fraction of sp³-hybridized carbons (Fsp3) is 0.579. The monoisotopic (exact) mass is 348 g/mol. The molecule has 6 nitrogen and oxygen atoms in total. The standard InChI is InChI=1S/C19H28N2O4/c1-13-7-3-5-9-16(13)21-18(23)14(2)25-19(24)15-8-4-6-10-17(15)20-11-12-22/h4,6,8,10,13-14,16,20,22H,3,5,7,9,11-12H2,1-2H3,(H,21,23)/t13-,14+,16+/m0/s1. The number of aliphatic hydroxyl groups is 1. The second kappa shape index (κ2) is 9.42. The Morgan fingerprint density at radius 2 is 2.00 bits per heavy atom. The summed E-state index contributed by atoms with van der Waals surface area (Å²) in [6, 6.07) is 7.05. The number of carbonyl (C=O) groups excluding carboxylic acids is 2. The molecule has 2 rings (SSSR count). The van der Waals surface area contributed by atoms with Crippen molar-refractivity contribution in [3.8, 4) is 0 Å². The molecule has 3 atom stereocenters. The van der Waals surface area contributed by atoms with Gasteiger partial charge in [-0.2, -0.15) is 0 Å². The molecule has 1 saturated carbocycles. The van der Waals surface area contributed by atoms with E-state index in [0.717, 1.165) is 19.3 Å². The van der Waals surface area contributed by atoms with E-state index in [9.17, 15) is 9.59 Å². The predicted molar refractivity (Wildman–Crippen MR) is 96.5 cm³/mol. The summed E-state index contributed by atoms with van der Waals surface area (Å²) in [5, 5.41) is 14.9. The van der Waals surface area contributed by atoms with Crippen LogP contribution in [0.15, 0.2) is 24.3 Å². The number of para-hydroxylation sites is 1. The Morgan fingerprint density at radius 1 is 1.28 bits per heavy atom. The van der Waals surface area contributed by atoms with E-state index in [1.807, 2.05) is 0 Å². The highest BCUT2D eigenvalue weighted by Crippen LogP contribution is 2.24. The molecule has 0 saturated heterocycles. The van der Waals surface area contributed by atoms with Crippen LogP contribution in [0.3, 0.4) is 0 Å². The van der Waals surface area contributed by atoms with Crippen molar-refractivity contribution in [2.45, 2.75) is 51.7 Å². The van der Waals surface area contributed by atoms with Crippen LogP contribution in [-0.2, 0) is 9.53 Å². The first-order valence-electron chi connectivity index (χ1n) is 8.98. The van der Waals surface area contributed by atoms with Gasteiger partial charge in [-0.15, -0.1) is 0 Å². The molecule has 0 aliphatic heterocycles. The average Bonchev–Trinajstić information content (AvgIpc) is 2.62. The number of carbonyl (C=O) groups is 2. The van der Waals surface area contributed by atoms with Crippen LogP contribution >= 0.6 is 0 Å². The minimum absolute atomic E-state index is 0.0399. The molecule has 1 aromatic rings. The molecule has 25 heavy (non-hydrogen) atoms. The van der Waals surface area contributed by atoms with Crippen LogP contribution < -0.4 is 10.6 Å². The second-order valence-corrected chi connectivity index (χ2v) is 6.62. The van der Waals surface area contributed by atoms with Crippen LogP contribution in [0.25, 0.3) is 0 Å². The lowest BCUT2D eigenvalue weighted by atomic mass is 9.86. The van der Waals surface area contributed by atoms with E-state index >= 15 is 0 Å². The molecule has 6 heteroatoms. The van der Waals surface area contributed by atoms with E-state index in [4.69, 9.17) is 9.84 Å². The first kappa shape index (κ1) is 19.2. The Bertz CT molecular complexity index is 591. The van der Waals surface area contributed by atoms with Crippen LogP contribution in [0.1, 0.15) is 49.9 Å². The molecule has 0 aromatic heterocycles. The maximum absolute atomic E-state index is 12.4. The van der Waals surface area contributed by atoms with Crippen LogP contribution in [0.2, 0.25) is 0 Å². The Labute approximate surface area is 149 Å². The van der Waals surface area contributed by atoms with E-state index in [1.165, 1.54) is 6.42 Å². The number of hydrogen-bond acceptors (Lipinski definition) is 5. The molecule has 0 heterocycles. The van der Waals surface area contributed by atoms with Gasteiger partial charge < -0.3 is 20.5 Å². The highest BCUT2D eigenvalue weighted by Gasteiger charge is 2.27. The highest BCUT2D eigenvalue weighted by atomic mass is 16.5. The zero-order chi connectivity index (χ0) is 18.2. The van der Waals surface area contributed by atoms with Crippen molar-refractivity contribution in [3.05, 3.63) is 29.8 Å². The van der Waals surface area contributed by atoms with Gasteiger partial charge in [-0.1, -0.05) is 31.9 Å². The molecule has 138 valence electrons. The molecule has 1 fully saturated rings. The summed E-state index contributed by atoms with van der Waals surface area (Å²) < 4.78 is 5.34. The summed E-state index contributed by atoms with van der Waals surface area (Å²) in [5.41, 5.74) is 0.927. The lowest BCUT2D eigenvalue weighted by Crippen LogP contribution is -2.46. The minimum Gasteiger partial charge on any atom is -0.449 e. The number of rotatable bonds is 7. The van der Waals surface area contributed by atoms with Crippen molar-refractivity contribution in [2.24, 2.45) is 5.92 Å². The van der Waals surface area contributed by atoms with Gasteiger partial charge >= 0.3 is 5.97 Å². The molecule has 0 bridgehead atoms. The zero-order valence-corrected chi connectivity index (χ0v) is 15.0. The van der Waals surface area contributed by atoms with E-state index < -0.39 is 12.1 Å². The Morgan fingerprint density at radius 3 is 2.72 bits per heavy atom. The van der Waals surface area contributed by atoms with Crippen molar-refractivity contribution in [2.75, 3.05) is 18.5 Å². The van der Waals surface area contributed by atoms with E-state index in [-0.39, 0.29) is 18.6 Å². The number of nitrogens with one attached hydrogen (secondary N) is 2. The Hall–Kier alpha value is -2.08. The molecule has 1 aliphatic rings. The third-order valence-corrected chi connectivity index (χ3v) is 4.67. The maximum Gasteiger partial charge on any atom is 0.341 e. The van der Waals surface area contributed by atoms with E-state index in [0.29, 0.717) is 23.7 Å². The summed E-state index contributed by atoms with van der Waals surface area (Å²) in [5.74, 6) is -0.364. The SMILES string of the molecule is C[C@@H](OC(=O)c1ccccc1NCCO)C(=O)N[C@@H]1CCCC[C@@H]1C. The third kappa shape index (κ3) is 5.46. The normalized spacial score (nSPS) is 21.2. The van der Waals surface area contributed by atoms with Crippen molar-refractivity contribution in [1.29, 1.82) is 0 Å². The first-order valence-corrected chi connectivity index (χ1v) is 8.98. The maximum atomic E-state index is 12.4. The number of amides is 1. The lowest BCUT2D eigenvalue weighted by molar-refractivity contribution is -0.130. The van der Waals surface area contributed by atoms with Gasteiger partial charge in [0.05, 0.1) is 12.2 Å². The summed E-state index contributed by atoms with van der Waals surface area (Å²) in [6.45, 7) is 4.02. The molecule has 0 unspecified atom stereocenters. The first-order chi connectivity index (χ1) is 12.0. The average molecular weight is 348 g/mol. The number of aliphatic hydroxyl groups excluding tert-OH is 1. The van der Waals surface area contributed by atoms with Gasteiger partial charge in [0, 0.05) is 18.3 Å². The molecule has 0 spiro atoms. The number of benzene rings is 1. The minimum atomic E-state index is -0.854. The van der Waals surface area contributed by atoms with Gasteiger partial charge in [0.1, 0.15) is 0 Å². The van der Waals surface area contributed by atoms with Gasteiger partial charge in [0.25, 0.3) is 5.91 Å². The van der Waals surface area contributed by atoms with Crippen molar-refractivity contribution >= 4 is 17.6 Å². The van der Waals surface area contributed by atoms with Crippen LogP contribution in [0.5, 0.6) is 0 Å². The number of anilines is 1. The van der Waals surface area contributed by atoms with Gasteiger partial charge in [-0.05, 0) is 37.8 Å². The van der Waals surface area contributed by atoms with Gasteiger partial charge in [0.15, 0.2) is 6.10 Å². The number of esters is 1. The van der Waals surface area contributed by atoms with Gasteiger partial charge in [-0.3, -0.25) is 4.79 Å². The van der Waals surface area contributed by atoms with Crippen LogP contribution in [0.4, 0.5) is 5.69 Å². The third-order valence-electron chi connectivity index (χ3n) is 4.67. The summed E-state index contributed by atoms with van der Waals surface area (Å²) in [6.07, 6.45) is 3.56. The topological polar surface area (TPSA) is 87.7 Å². The highest BCUT2D eigenvalue weighted by molar-refractivity contribution is 5.97. The Kier molecular flexibility index (Phi) is 7.25. The fourth-order valence-electron chi connectivity index (χ4n) is 3.11. The van der Waals surface area contributed by atoms with Gasteiger partial charge in [-0.25, -0.2) is 4.79 Å². The summed E-state index contributed by atoms with van der Waals surface area (Å²) in [7, 11) is 0. The van der Waals surface area contributed by atoms with E-state index in [1.54, 1.807) is 31.2 Å². The lowest BCUT2D eigenvalue weighted by Gasteiger charge is -2.30. The smallest absolute Gasteiger partial charge is 0.341 e. The van der Waals surface area contributed by atoms with Crippen molar-refractivity contribution in [3.63, 3.8) is 0 Å². The molecular formula is C19H28N2O4. The van der Waals surface area contributed by atoms with Crippen molar-refractivity contribution in [1.82, 2.24) is 5.32 Å². The Balaban J connectivity index is 1.94. The van der Waals surface area contributed by atoms with Crippen LogP contribution in [-0.4, -0.2) is 42.3 Å². The summed E-state index contributed by atoms with van der Waals surface area (Å²) in [4.78, 5) is 24.7. The zero-order valence-electron chi connectivity index (χ0n) is 15.0. The molecule has 1 amide bonds. The molecule has 1 aliphatic carbocycles. The second-order valence-electron chi connectivity index (χ2n) is 6.62. The molecule has 0 radical (unpaired) electrons. The van der Waals surface area contributed by atoms with Gasteiger partial charge in [0.2, 0.25) is 0 Å². The molecular weight excluding hydrogens is 320 g/mol. The van der Waals surface area contributed by atoms with Crippen molar-refractivity contribution < 1.29 is 19.4 Å². The fourth-order valence-corrected chi connectivity index (χ4v) is 3.11. The number of ether oxygens (including phenoxy) is 1. The van der Waals surface area contributed by atoms with E-state index in [2.05, 4.69) is 17.6 Å². The molecule has 1 aromatic carbocycles. The number of hydrogen-bond donors (Lipinski definition) is 3. The van der Waals surface area contributed by atoms with Crippen LogP contribution in [0, 0.1) is 5.92 Å². The quantitative estimate of drug-likeness (QED) is 0.658.